The fraction of sp³-hybridized carbons (Fsp3) is 0.0714. The van der Waals surface area contributed by atoms with E-state index >= 15 is 0 Å². The Hall–Kier alpha value is -2.23. The standard InChI is InChI=1S/C14H12ClN3O2S/c1-18(14-8-11(15)5-6-13(14)17)21(19,20)12-4-2-3-10(7-12)9-16/h2-8H,17H2,1H3. The largest absolute Gasteiger partial charge is 0.397 e. The van der Waals surface area contributed by atoms with Gasteiger partial charge < -0.3 is 5.73 Å². The number of halogens is 1. The summed E-state index contributed by atoms with van der Waals surface area (Å²) in [6.45, 7) is 0. The summed E-state index contributed by atoms with van der Waals surface area (Å²) in [6, 6.07) is 12.3. The number of nitrogen functional groups attached to an aromatic ring is 1. The van der Waals surface area contributed by atoms with Gasteiger partial charge in [-0.25, -0.2) is 8.42 Å². The lowest BCUT2D eigenvalue weighted by molar-refractivity contribution is 0.594. The molecule has 0 aromatic heterocycles. The summed E-state index contributed by atoms with van der Waals surface area (Å²) >= 11 is 5.88. The van der Waals surface area contributed by atoms with Crippen molar-refractivity contribution in [2.75, 3.05) is 17.1 Å². The van der Waals surface area contributed by atoms with E-state index in [0.717, 1.165) is 4.31 Å². The number of benzene rings is 2. The first-order valence-electron chi connectivity index (χ1n) is 5.90. The maximum Gasteiger partial charge on any atom is 0.264 e. The van der Waals surface area contributed by atoms with E-state index in [-0.39, 0.29) is 16.1 Å². The fourth-order valence-electron chi connectivity index (χ4n) is 1.80. The molecule has 0 fully saturated rings. The van der Waals surface area contributed by atoms with Crippen molar-refractivity contribution in [3.05, 3.63) is 53.1 Å². The van der Waals surface area contributed by atoms with E-state index in [1.807, 2.05) is 6.07 Å². The highest BCUT2D eigenvalue weighted by Gasteiger charge is 2.23. The topological polar surface area (TPSA) is 87.2 Å². The number of hydrogen-bond acceptors (Lipinski definition) is 4. The summed E-state index contributed by atoms with van der Waals surface area (Å²) < 4.78 is 26.2. The van der Waals surface area contributed by atoms with Gasteiger partial charge in [0.05, 0.1) is 27.9 Å². The summed E-state index contributed by atoms with van der Waals surface area (Å²) in [7, 11) is -2.43. The summed E-state index contributed by atoms with van der Waals surface area (Å²) in [5.74, 6) is 0. The molecule has 5 nitrogen and oxygen atoms in total. The van der Waals surface area contributed by atoms with Crippen molar-refractivity contribution in [3.8, 4) is 6.07 Å². The van der Waals surface area contributed by atoms with E-state index in [4.69, 9.17) is 22.6 Å². The van der Waals surface area contributed by atoms with Crippen LogP contribution < -0.4 is 10.0 Å². The first kappa shape index (κ1) is 15.2. The minimum absolute atomic E-state index is 0.0171. The van der Waals surface area contributed by atoms with Crippen LogP contribution in [0.25, 0.3) is 0 Å². The predicted molar refractivity (Wildman–Crippen MR) is 82.6 cm³/mol. The number of nitrogens with zero attached hydrogens (tertiary/aromatic N) is 2. The molecule has 2 aromatic carbocycles. The third-order valence-corrected chi connectivity index (χ3v) is 4.96. The molecule has 0 unspecified atom stereocenters. The highest BCUT2D eigenvalue weighted by atomic mass is 35.5. The molecule has 0 saturated carbocycles. The third-order valence-electron chi connectivity index (χ3n) is 2.95. The smallest absolute Gasteiger partial charge is 0.264 e. The van der Waals surface area contributed by atoms with Gasteiger partial charge in [0, 0.05) is 12.1 Å². The van der Waals surface area contributed by atoms with Crippen LogP contribution in [0.2, 0.25) is 5.02 Å². The molecule has 0 aliphatic heterocycles. The van der Waals surface area contributed by atoms with Gasteiger partial charge in [-0.2, -0.15) is 5.26 Å². The van der Waals surface area contributed by atoms with Crippen molar-refractivity contribution < 1.29 is 8.42 Å². The van der Waals surface area contributed by atoms with E-state index in [2.05, 4.69) is 0 Å². The molecule has 0 radical (unpaired) electrons. The number of anilines is 2. The Morgan fingerprint density at radius 2 is 1.95 bits per heavy atom. The molecule has 0 heterocycles. The van der Waals surface area contributed by atoms with Crippen molar-refractivity contribution in [2.45, 2.75) is 4.90 Å². The second kappa shape index (κ2) is 5.64. The second-order valence-electron chi connectivity index (χ2n) is 4.32. The highest BCUT2D eigenvalue weighted by molar-refractivity contribution is 7.92. The second-order valence-corrected chi connectivity index (χ2v) is 6.72. The molecule has 0 bridgehead atoms. The Morgan fingerprint density at radius 1 is 1.24 bits per heavy atom. The first-order valence-corrected chi connectivity index (χ1v) is 7.72. The van der Waals surface area contributed by atoms with Gasteiger partial charge in [0.15, 0.2) is 0 Å². The summed E-state index contributed by atoms with van der Waals surface area (Å²) in [4.78, 5) is 0.0171. The lowest BCUT2D eigenvalue weighted by atomic mass is 10.2. The van der Waals surface area contributed by atoms with Crippen LogP contribution in [0, 0.1) is 11.3 Å². The Morgan fingerprint density at radius 3 is 2.62 bits per heavy atom. The molecule has 21 heavy (non-hydrogen) atoms. The molecular weight excluding hydrogens is 310 g/mol. The van der Waals surface area contributed by atoms with Crippen LogP contribution >= 0.6 is 11.6 Å². The molecule has 0 saturated heterocycles. The molecule has 0 aliphatic rings. The normalized spacial score (nSPS) is 10.9. The Kier molecular flexibility index (Phi) is 4.07. The van der Waals surface area contributed by atoms with E-state index < -0.39 is 10.0 Å². The monoisotopic (exact) mass is 321 g/mol. The molecule has 7 heteroatoms. The quantitative estimate of drug-likeness (QED) is 0.880. The zero-order chi connectivity index (χ0) is 15.6. The molecule has 2 N–H and O–H groups in total. The Bertz CT molecular complexity index is 828. The minimum Gasteiger partial charge on any atom is -0.397 e. The molecule has 108 valence electrons. The van der Waals surface area contributed by atoms with Gasteiger partial charge in [-0.1, -0.05) is 17.7 Å². The highest BCUT2D eigenvalue weighted by Crippen LogP contribution is 2.30. The lowest BCUT2D eigenvalue weighted by Crippen LogP contribution is -2.27. The van der Waals surface area contributed by atoms with E-state index in [1.165, 1.54) is 43.4 Å². The van der Waals surface area contributed by atoms with Crippen molar-refractivity contribution >= 4 is 33.0 Å². The van der Waals surface area contributed by atoms with Crippen LogP contribution in [0.15, 0.2) is 47.4 Å². The van der Waals surface area contributed by atoms with Crippen LogP contribution in [0.3, 0.4) is 0 Å². The maximum atomic E-state index is 12.6. The number of nitriles is 1. The molecule has 0 amide bonds. The number of rotatable bonds is 3. The summed E-state index contributed by atoms with van der Waals surface area (Å²) in [5.41, 5.74) is 6.65. The molecule has 0 atom stereocenters. The Balaban J connectivity index is 2.53. The molecule has 0 spiro atoms. The summed E-state index contributed by atoms with van der Waals surface area (Å²) in [5, 5.41) is 9.25. The van der Waals surface area contributed by atoms with E-state index in [9.17, 15) is 8.42 Å². The lowest BCUT2D eigenvalue weighted by Gasteiger charge is -2.21. The average molecular weight is 322 g/mol. The van der Waals surface area contributed by atoms with Gasteiger partial charge in [0.25, 0.3) is 10.0 Å². The Labute approximate surface area is 128 Å². The van der Waals surface area contributed by atoms with Gasteiger partial charge in [-0.15, -0.1) is 0 Å². The van der Waals surface area contributed by atoms with Crippen LogP contribution in [-0.4, -0.2) is 15.5 Å². The molecule has 0 aliphatic carbocycles. The van der Waals surface area contributed by atoms with Crippen molar-refractivity contribution in [1.82, 2.24) is 0 Å². The number of sulfonamides is 1. The van der Waals surface area contributed by atoms with Gasteiger partial charge >= 0.3 is 0 Å². The van der Waals surface area contributed by atoms with E-state index in [0.29, 0.717) is 10.7 Å². The average Bonchev–Trinajstić information content (AvgIpc) is 2.49. The third kappa shape index (κ3) is 2.94. The van der Waals surface area contributed by atoms with Crippen LogP contribution in [0.4, 0.5) is 11.4 Å². The van der Waals surface area contributed by atoms with Gasteiger partial charge in [0.1, 0.15) is 0 Å². The SMILES string of the molecule is CN(c1cc(Cl)ccc1N)S(=O)(=O)c1cccc(C#N)c1. The minimum atomic E-state index is -3.82. The fourth-order valence-corrected chi connectivity index (χ4v) is 3.23. The molecule has 2 rings (SSSR count). The zero-order valence-electron chi connectivity index (χ0n) is 11.1. The predicted octanol–water partition coefficient (Wildman–Crippen LogP) is 2.62. The van der Waals surface area contributed by atoms with Crippen molar-refractivity contribution in [1.29, 1.82) is 5.26 Å². The molecule has 2 aromatic rings. The number of hydrogen-bond donors (Lipinski definition) is 1. The van der Waals surface area contributed by atoms with Crippen LogP contribution in [-0.2, 0) is 10.0 Å². The van der Waals surface area contributed by atoms with E-state index in [1.54, 1.807) is 6.07 Å². The number of nitrogens with two attached hydrogens (primary N) is 1. The van der Waals surface area contributed by atoms with Crippen LogP contribution in [0.1, 0.15) is 5.56 Å². The van der Waals surface area contributed by atoms with Gasteiger partial charge in [-0.3, -0.25) is 4.31 Å². The van der Waals surface area contributed by atoms with Crippen molar-refractivity contribution in [3.63, 3.8) is 0 Å². The maximum absolute atomic E-state index is 12.6. The van der Waals surface area contributed by atoms with Crippen LogP contribution in [0.5, 0.6) is 0 Å². The van der Waals surface area contributed by atoms with Crippen molar-refractivity contribution in [2.24, 2.45) is 0 Å². The van der Waals surface area contributed by atoms with Gasteiger partial charge in [-0.05, 0) is 36.4 Å². The zero-order valence-corrected chi connectivity index (χ0v) is 12.7. The molecular formula is C14H12ClN3O2S. The van der Waals surface area contributed by atoms with Gasteiger partial charge in [0.2, 0.25) is 0 Å². The first-order chi connectivity index (χ1) is 9.86. The summed E-state index contributed by atoms with van der Waals surface area (Å²) in [6.07, 6.45) is 0.